The Balaban J connectivity index is 1.85. The number of piperidine rings is 1. The quantitative estimate of drug-likeness (QED) is 0.861. The number of tetrazole rings is 1. The van der Waals surface area contributed by atoms with Gasteiger partial charge in [-0.05, 0) is 53.8 Å². The topological polar surface area (TPSA) is 63.9 Å². The van der Waals surface area contributed by atoms with Crippen LogP contribution in [0.1, 0.15) is 37.2 Å². The summed E-state index contributed by atoms with van der Waals surface area (Å²) >= 11 is 0. The number of likely N-dealkylation sites (tertiary alicyclic amines) is 1. The van der Waals surface area contributed by atoms with E-state index in [4.69, 9.17) is 0 Å². The molecule has 0 aliphatic carbocycles. The molecule has 3 rings (SSSR count). The molecule has 1 fully saturated rings. The third kappa shape index (κ3) is 3.60. The van der Waals surface area contributed by atoms with E-state index in [0.717, 1.165) is 31.5 Å². The fraction of sp³-hybridized carbons (Fsp3) is 0.529. The minimum atomic E-state index is -0.504. The molecule has 6 nitrogen and oxygen atoms in total. The van der Waals surface area contributed by atoms with E-state index < -0.39 is 6.04 Å². The lowest BCUT2D eigenvalue weighted by Crippen LogP contribution is -2.44. The molecule has 7 heteroatoms. The first-order chi connectivity index (χ1) is 11.5. The zero-order valence-corrected chi connectivity index (χ0v) is 14.0. The molecular weight excluding hydrogens is 309 g/mol. The van der Waals surface area contributed by atoms with E-state index in [1.54, 1.807) is 23.7 Å². The molecule has 128 valence electrons. The Morgan fingerprint density at radius 2 is 2.12 bits per heavy atom. The highest BCUT2D eigenvalue weighted by atomic mass is 19.1. The average Bonchev–Trinajstić information content (AvgIpc) is 2.99. The minimum Gasteiger partial charge on any atom is -0.341 e. The second-order valence-electron chi connectivity index (χ2n) is 6.55. The lowest BCUT2D eigenvalue weighted by Gasteiger charge is -2.33. The summed E-state index contributed by atoms with van der Waals surface area (Å²) in [7, 11) is 0. The smallest absolute Gasteiger partial charge is 0.247 e. The van der Waals surface area contributed by atoms with Gasteiger partial charge in [0.1, 0.15) is 17.7 Å². The molecule has 0 N–H and O–H groups in total. The molecule has 1 saturated heterocycles. The van der Waals surface area contributed by atoms with E-state index in [0.29, 0.717) is 18.2 Å². The number of amides is 1. The highest BCUT2D eigenvalue weighted by Crippen LogP contribution is 2.22. The predicted octanol–water partition coefficient (Wildman–Crippen LogP) is 2.16. The fourth-order valence-corrected chi connectivity index (χ4v) is 3.25. The zero-order chi connectivity index (χ0) is 17.1. The van der Waals surface area contributed by atoms with Crippen LogP contribution >= 0.6 is 0 Å². The van der Waals surface area contributed by atoms with Crippen molar-refractivity contribution in [3.63, 3.8) is 0 Å². The second kappa shape index (κ2) is 7.07. The Morgan fingerprint density at radius 1 is 1.38 bits per heavy atom. The summed E-state index contributed by atoms with van der Waals surface area (Å²) in [6.07, 6.45) is 2.61. The maximum Gasteiger partial charge on any atom is 0.247 e. The minimum absolute atomic E-state index is 0.0290. The summed E-state index contributed by atoms with van der Waals surface area (Å²) in [5.74, 6) is 0.844. The first-order valence-electron chi connectivity index (χ1n) is 8.32. The number of rotatable bonds is 4. The molecule has 0 saturated carbocycles. The van der Waals surface area contributed by atoms with E-state index in [9.17, 15) is 9.18 Å². The van der Waals surface area contributed by atoms with Gasteiger partial charge < -0.3 is 4.90 Å². The lowest BCUT2D eigenvalue weighted by molar-refractivity contribution is -0.136. The average molecular weight is 331 g/mol. The van der Waals surface area contributed by atoms with Gasteiger partial charge in [0.15, 0.2) is 0 Å². The molecule has 1 aromatic heterocycles. The number of halogens is 1. The normalized spacial score (nSPS) is 19.3. The molecular formula is C17H22FN5O. The molecule has 0 spiro atoms. The first-order valence-corrected chi connectivity index (χ1v) is 8.32. The van der Waals surface area contributed by atoms with E-state index in [1.807, 2.05) is 4.90 Å². The first kappa shape index (κ1) is 16.5. The highest BCUT2D eigenvalue weighted by molar-refractivity contribution is 5.80. The number of carbonyl (C=O) groups is 1. The van der Waals surface area contributed by atoms with E-state index in [-0.39, 0.29) is 11.7 Å². The molecule has 2 aromatic rings. The number of hydrogen-bond acceptors (Lipinski definition) is 4. The maximum atomic E-state index is 13.1. The monoisotopic (exact) mass is 331 g/mol. The van der Waals surface area contributed by atoms with E-state index >= 15 is 0 Å². The van der Waals surface area contributed by atoms with E-state index in [2.05, 4.69) is 22.4 Å². The van der Waals surface area contributed by atoms with Crippen molar-refractivity contribution in [2.75, 3.05) is 13.1 Å². The van der Waals surface area contributed by atoms with Gasteiger partial charge in [-0.1, -0.05) is 19.1 Å². The van der Waals surface area contributed by atoms with Crippen LogP contribution in [0.15, 0.2) is 24.3 Å². The summed E-state index contributed by atoms with van der Waals surface area (Å²) in [5, 5.41) is 11.6. The second-order valence-corrected chi connectivity index (χ2v) is 6.55. The van der Waals surface area contributed by atoms with Gasteiger partial charge >= 0.3 is 0 Å². The van der Waals surface area contributed by atoms with Crippen LogP contribution in [0.3, 0.4) is 0 Å². The van der Waals surface area contributed by atoms with Crippen molar-refractivity contribution in [2.45, 2.75) is 39.2 Å². The van der Waals surface area contributed by atoms with Crippen molar-refractivity contribution in [1.29, 1.82) is 0 Å². The molecule has 1 amide bonds. The van der Waals surface area contributed by atoms with Crippen LogP contribution in [0.25, 0.3) is 0 Å². The van der Waals surface area contributed by atoms with Crippen molar-refractivity contribution in [2.24, 2.45) is 5.92 Å². The number of carbonyl (C=O) groups excluding carboxylic acids is 1. The molecule has 0 bridgehead atoms. The molecule has 0 radical (unpaired) electrons. The highest BCUT2D eigenvalue weighted by Gasteiger charge is 2.30. The zero-order valence-electron chi connectivity index (χ0n) is 14.0. The molecule has 1 aliphatic rings. The largest absolute Gasteiger partial charge is 0.341 e. The molecule has 1 aromatic carbocycles. The van der Waals surface area contributed by atoms with E-state index in [1.165, 1.54) is 12.1 Å². The SMILES string of the molecule is Cc1nnnn1C(Cc1ccc(F)cc1)C(=O)N1CCCC(C)C1. The summed E-state index contributed by atoms with van der Waals surface area (Å²) in [5.41, 5.74) is 0.884. The Bertz CT molecular complexity index is 699. The van der Waals surface area contributed by atoms with Crippen molar-refractivity contribution in [3.05, 3.63) is 41.5 Å². The number of aromatic nitrogens is 4. The predicted molar refractivity (Wildman–Crippen MR) is 86.7 cm³/mol. The Hall–Kier alpha value is -2.31. The van der Waals surface area contributed by atoms with Gasteiger partial charge in [-0.3, -0.25) is 4.79 Å². The van der Waals surface area contributed by atoms with Gasteiger partial charge in [-0.2, -0.15) is 0 Å². The van der Waals surface area contributed by atoms with Gasteiger partial charge in [0, 0.05) is 19.5 Å². The van der Waals surface area contributed by atoms with Gasteiger partial charge in [-0.15, -0.1) is 5.10 Å². The Labute approximate surface area is 140 Å². The summed E-state index contributed by atoms with van der Waals surface area (Å²) in [6.45, 7) is 5.48. The van der Waals surface area contributed by atoms with Gasteiger partial charge in [-0.25, -0.2) is 9.07 Å². The van der Waals surface area contributed by atoms with Crippen LogP contribution in [0.5, 0.6) is 0 Å². The summed E-state index contributed by atoms with van der Waals surface area (Å²) in [6, 6.07) is 5.72. The van der Waals surface area contributed by atoms with Crippen molar-refractivity contribution in [3.8, 4) is 0 Å². The van der Waals surface area contributed by atoms with Crippen molar-refractivity contribution in [1.82, 2.24) is 25.1 Å². The number of hydrogen-bond donors (Lipinski definition) is 0. The summed E-state index contributed by atoms with van der Waals surface area (Å²) < 4.78 is 14.7. The van der Waals surface area contributed by atoms with Gasteiger partial charge in [0.25, 0.3) is 0 Å². The number of nitrogens with zero attached hydrogens (tertiary/aromatic N) is 5. The lowest BCUT2D eigenvalue weighted by atomic mass is 9.98. The van der Waals surface area contributed by atoms with Crippen LogP contribution in [-0.4, -0.2) is 44.1 Å². The van der Waals surface area contributed by atoms with Crippen LogP contribution < -0.4 is 0 Å². The Kier molecular flexibility index (Phi) is 4.87. The summed E-state index contributed by atoms with van der Waals surface area (Å²) in [4.78, 5) is 15.0. The van der Waals surface area contributed by atoms with Crippen molar-refractivity contribution >= 4 is 5.91 Å². The van der Waals surface area contributed by atoms with Crippen LogP contribution in [0.4, 0.5) is 4.39 Å². The number of benzene rings is 1. The molecule has 1 aliphatic heterocycles. The van der Waals surface area contributed by atoms with Crippen LogP contribution in [0, 0.1) is 18.7 Å². The van der Waals surface area contributed by atoms with Crippen molar-refractivity contribution < 1.29 is 9.18 Å². The van der Waals surface area contributed by atoms with Crippen LogP contribution in [-0.2, 0) is 11.2 Å². The standard InChI is InChI=1S/C17H22FN5O/c1-12-4-3-9-22(11-12)17(24)16(23-13(2)19-20-21-23)10-14-5-7-15(18)8-6-14/h5-8,12,16H,3-4,9-11H2,1-2H3. The third-order valence-corrected chi connectivity index (χ3v) is 4.55. The number of aryl methyl sites for hydroxylation is 1. The maximum absolute atomic E-state index is 13.1. The molecule has 24 heavy (non-hydrogen) atoms. The Morgan fingerprint density at radius 3 is 2.75 bits per heavy atom. The fourth-order valence-electron chi connectivity index (χ4n) is 3.25. The third-order valence-electron chi connectivity index (χ3n) is 4.55. The van der Waals surface area contributed by atoms with Gasteiger partial charge in [0.2, 0.25) is 5.91 Å². The molecule has 2 atom stereocenters. The molecule has 2 unspecified atom stereocenters. The molecule has 2 heterocycles. The van der Waals surface area contributed by atoms with Crippen LogP contribution in [0.2, 0.25) is 0 Å². The van der Waals surface area contributed by atoms with Gasteiger partial charge in [0.05, 0.1) is 0 Å².